The molecule has 19 heavy (non-hydrogen) atoms. The Balaban J connectivity index is 2.10. The molecule has 0 radical (unpaired) electrons. The average Bonchev–Trinajstić information content (AvgIpc) is 2.26. The van der Waals surface area contributed by atoms with E-state index in [9.17, 15) is 4.79 Å². The minimum Gasteiger partial charge on any atom is -0.345 e. The van der Waals surface area contributed by atoms with Crippen LogP contribution in [0.1, 0.15) is 55.7 Å². The van der Waals surface area contributed by atoms with Gasteiger partial charge < -0.3 is 11.1 Å². The number of nitrogens with one attached hydrogen (secondary N) is 1. The van der Waals surface area contributed by atoms with Crippen molar-refractivity contribution in [3.8, 4) is 0 Å². The predicted molar refractivity (Wildman–Crippen MR) is 75.9 cm³/mol. The molecule has 4 nitrogen and oxygen atoms in total. The van der Waals surface area contributed by atoms with Gasteiger partial charge in [-0.15, -0.1) is 0 Å². The molecule has 1 fully saturated rings. The van der Waals surface area contributed by atoms with Gasteiger partial charge in [-0.25, -0.2) is 4.98 Å². The second kappa shape index (κ2) is 4.93. The summed E-state index contributed by atoms with van der Waals surface area (Å²) in [6.07, 6.45) is 3.83. The quantitative estimate of drug-likeness (QED) is 0.857. The van der Waals surface area contributed by atoms with E-state index in [1.165, 1.54) is 0 Å². The highest BCUT2D eigenvalue weighted by atomic mass is 16.2. The molecule has 1 heterocycles. The first kappa shape index (κ1) is 14.0. The molecular formula is C15H23N3O. The molecule has 1 amide bonds. The SMILES string of the molecule is Cc1cccc(C(=O)N[C@]2(C)CCC[C@](C)(N)C2)n1. The Kier molecular flexibility index (Phi) is 3.63. The van der Waals surface area contributed by atoms with Crippen LogP contribution in [0.25, 0.3) is 0 Å². The molecule has 0 unspecified atom stereocenters. The largest absolute Gasteiger partial charge is 0.345 e. The smallest absolute Gasteiger partial charge is 0.270 e. The van der Waals surface area contributed by atoms with Crippen molar-refractivity contribution in [2.24, 2.45) is 5.73 Å². The molecule has 0 aromatic carbocycles. The van der Waals surface area contributed by atoms with Crippen molar-refractivity contribution < 1.29 is 4.79 Å². The molecule has 104 valence electrons. The zero-order valence-corrected chi connectivity index (χ0v) is 12.0. The fraction of sp³-hybridized carbons (Fsp3) is 0.600. The summed E-state index contributed by atoms with van der Waals surface area (Å²) in [6, 6.07) is 5.49. The summed E-state index contributed by atoms with van der Waals surface area (Å²) in [6.45, 7) is 6.02. The number of pyridine rings is 1. The Hall–Kier alpha value is -1.42. The second-order valence-corrected chi connectivity index (χ2v) is 6.36. The summed E-state index contributed by atoms with van der Waals surface area (Å²) in [7, 11) is 0. The van der Waals surface area contributed by atoms with Crippen molar-refractivity contribution in [1.82, 2.24) is 10.3 Å². The van der Waals surface area contributed by atoms with E-state index in [-0.39, 0.29) is 17.0 Å². The molecule has 2 atom stereocenters. The van der Waals surface area contributed by atoms with Crippen molar-refractivity contribution in [3.63, 3.8) is 0 Å². The van der Waals surface area contributed by atoms with Crippen LogP contribution in [-0.4, -0.2) is 22.0 Å². The van der Waals surface area contributed by atoms with E-state index in [1.807, 2.05) is 19.1 Å². The summed E-state index contributed by atoms with van der Waals surface area (Å²) in [5.74, 6) is -0.107. The highest BCUT2D eigenvalue weighted by Crippen LogP contribution is 2.33. The zero-order valence-electron chi connectivity index (χ0n) is 12.0. The molecule has 1 aromatic heterocycles. The van der Waals surface area contributed by atoms with Crippen LogP contribution in [0.4, 0.5) is 0 Å². The third kappa shape index (κ3) is 3.53. The van der Waals surface area contributed by atoms with E-state index in [0.29, 0.717) is 5.69 Å². The van der Waals surface area contributed by atoms with Gasteiger partial charge in [-0.05, 0) is 58.6 Å². The van der Waals surface area contributed by atoms with Gasteiger partial charge in [0.05, 0.1) is 0 Å². The topological polar surface area (TPSA) is 68.0 Å². The fourth-order valence-corrected chi connectivity index (χ4v) is 3.06. The van der Waals surface area contributed by atoms with Gasteiger partial charge in [0.25, 0.3) is 5.91 Å². The molecule has 0 bridgehead atoms. The van der Waals surface area contributed by atoms with Crippen molar-refractivity contribution in [2.75, 3.05) is 0 Å². The number of rotatable bonds is 2. The lowest BCUT2D eigenvalue weighted by Crippen LogP contribution is -2.56. The van der Waals surface area contributed by atoms with Crippen molar-refractivity contribution >= 4 is 5.91 Å². The van der Waals surface area contributed by atoms with E-state index < -0.39 is 0 Å². The van der Waals surface area contributed by atoms with Crippen molar-refractivity contribution in [3.05, 3.63) is 29.6 Å². The lowest BCUT2D eigenvalue weighted by atomic mass is 9.73. The van der Waals surface area contributed by atoms with Gasteiger partial charge in [0, 0.05) is 16.8 Å². The van der Waals surface area contributed by atoms with Gasteiger partial charge in [0.15, 0.2) is 0 Å². The Bertz CT molecular complexity index is 484. The number of amides is 1. The van der Waals surface area contributed by atoms with E-state index in [1.54, 1.807) is 6.07 Å². The van der Waals surface area contributed by atoms with Crippen LogP contribution in [0.5, 0.6) is 0 Å². The molecule has 2 rings (SSSR count). The van der Waals surface area contributed by atoms with Crippen molar-refractivity contribution in [1.29, 1.82) is 0 Å². The van der Waals surface area contributed by atoms with E-state index in [2.05, 4.69) is 24.1 Å². The predicted octanol–water partition coefficient (Wildman–Crippen LogP) is 2.17. The van der Waals surface area contributed by atoms with Crippen LogP contribution in [0.15, 0.2) is 18.2 Å². The molecule has 0 aliphatic heterocycles. The maximum atomic E-state index is 12.3. The normalized spacial score (nSPS) is 30.9. The average molecular weight is 261 g/mol. The monoisotopic (exact) mass is 261 g/mol. The van der Waals surface area contributed by atoms with Crippen LogP contribution in [0.3, 0.4) is 0 Å². The minimum atomic E-state index is -0.232. The number of aromatic nitrogens is 1. The fourth-order valence-electron chi connectivity index (χ4n) is 3.06. The zero-order chi connectivity index (χ0) is 14.1. The Morgan fingerprint density at radius 3 is 2.74 bits per heavy atom. The van der Waals surface area contributed by atoms with Crippen LogP contribution >= 0.6 is 0 Å². The highest BCUT2D eigenvalue weighted by molar-refractivity contribution is 5.92. The molecule has 1 aliphatic rings. The van der Waals surface area contributed by atoms with E-state index >= 15 is 0 Å². The maximum Gasteiger partial charge on any atom is 0.270 e. The maximum absolute atomic E-state index is 12.3. The van der Waals surface area contributed by atoms with Gasteiger partial charge in [-0.2, -0.15) is 0 Å². The lowest BCUT2D eigenvalue weighted by Gasteiger charge is -2.43. The van der Waals surface area contributed by atoms with E-state index in [4.69, 9.17) is 5.73 Å². The van der Waals surface area contributed by atoms with Crippen LogP contribution in [-0.2, 0) is 0 Å². The number of carbonyl (C=O) groups excluding carboxylic acids is 1. The first-order valence-electron chi connectivity index (χ1n) is 6.85. The number of hydrogen-bond donors (Lipinski definition) is 2. The van der Waals surface area contributed by atoms with Gasteiger partial charge >= 0.3 is 0 Å². The minimum absolute atomic E-state index is 0.107. The first-order valence-corrected chi connectivity index (χ1v) is 6.85. The Morgan fingerprint density at radius 1 is 1.37 bits per heavy atom. The summed E-state index contributed by atoms with van der Waals surface area (Å²) in [4.78, 5) is 16.5. The van der Waals surface area contributed by atoms with Crippen molar-refractivity contribution in [2.45, 2.75) is 57.5 Å². The molecular weight excluding hydrogens is 238 g/mol. The van der Waals surface area contributed by atoms with E-state index in [0.717, 1.165) is 31.4 Å². The third-order valence-corrected chi connectivity index (χ3v) is 3.81. The molecule has 0 spiro atoms. The molecule has 1 aromatic rings. The summed E-state index contributed by atoms with van der Waals surface area (Å²) < 4.78 is 0. The number of aryl methyl sites for hydroxylation is 1. The Morgan fingerprint density at radius 2 is 2.11 bits per heavy atom. The Labute approximate surface area is 114 Å². The molecule has 1 saturated carbocycles. The first-order chi connectivity index (χ1) is 8.80. The molecule has 3 N–H and O–H groups in total. The van der Waals surface area contributed by atoms with Crippen LogP contribution in [0.2, 0.25) is 0 Å². The van der Waals surface area contributed by atoms with Gasteiger partial charge in [0.2, 0.25) is 0 Å². The molecule has 0 saturated heterocycles. The number of nitrogens with zero attached hydrogens (tertiary/aromatic N) is 1. The molecule has 4 heteroatoms. The third-order valence-electron chi connectivity index (χ3n) is 3.81. The number of carbonyl (C=O) groups is 1. The second-order valence-electron chi connectivity index (χ2n) is 6.36. The summed E-state index contributed by atoms with van der Waals surface area (Å²) in [5.41, 5.74) is 7.13. The summed E-state index contributed by atoms with van der Waals surface area (Å²) in [5, 5.41) is 3.11. The number of hydrogen-bond acceptors (Lipinski definition) is 3. The number of nitrogens with two attached hydrogens (primary N) is 1. The summed E-state index contributed by atoms with van der Waals surface area (Å²) >= 11 is 0. The molecule has 1 aliphatic carbocycles. The van der Waals surface area contributed by atoms with Gasteiger partial charge in [-0.1, -0.05) is 6.07 Å². The lowest BCUT2D eigenvalue weighted by molar-refractivity contribution is 0.0846. The van der Waals surface area contributed by atoms with Crippen LogP contribution < -0.4 is 11.1 Å². The van der Waals surface area contributed by atoms with Gasteiger partial charge in [0.1, 0.15) is 5.69 Å². The highest BCUT2D eigenvalue weighted by Gasteiger charge is 2.38. The standard InChI is InChI=1S/C15H23N3O/c1-11-6-4-7-12(17-11)13(19)18-15(3)9-5-8-14(2,16)10-15/h4,6-7H,5,8-10,16H2,1-3H3,(H,18,19)/t14-,15+/m0/s1. The van der Waals surface area contributed by atoms with Gasteiger partial charge in [-0.3, -0.25) is 4.79 Å². The van der Waals surface area contributed by atoms with Crippen LogP contribution in [0, 0.1) is 6.92 Å².